The van der Waals surface area contributed by atoms with Crippen LogP contribution >= 0.6 is 0 Å². The number of hydrogen-bond donors (Lipinski definition) is 0. The maximum atomic E-state index is 11.2. The highest BCUT2D eigenvalue weighted by Gasteiger charge is 2.31. The van der Waals surface area contributed by atoms with E-state index in [9.17, 15) is 4.79 Å². The van der Waals surface area contributed by atoms with E-state index in [1.54, 1.807) is 0 Å². The molecule has 2 atom stereocenters. The van der Waals surface area contributed by atoms with Crippen molar-refractivity contribution in [3.05, 3.63) is 0 Å². The lowest BCUT2D eigenvalue weighted by atomic mass is 10.00. The summed E-state index contributed by atoms with van der Waals surface area (Å²) in [6.07, 6.45) is 2.61. The van der Waals surface area contributed by atoms with Crippen molar-refractivity contribution in [2.24, 2.45) is 0 Å². The van der Waals surface area contributed by atoms with Crippen molar-refractivity contribution in [2.75, 3.05) is 19.8 Å². The van der Waals surface area contributed by atoms with Crippen molar-refractivity contribution in [3.8, 4) is 0 Å². The first-order valence-electron chi connectivity index (χ1n) is 5.12. The van der Waals surface area contributed by atoms with Gasteiger partial charge in [0, 0.05) is 38.1 Å². The number of hydrogen-bond acceptors (Lipinski definition) is 3. The zero-order valence-electron chi connectivity index (χ0n) is 8.16. The molecule has 0 spiro atoms. The van der Waals surface area contributed by atoms with Crippen molar-refractivity contribution in [1.29, 1.82) is 0 Å². The molecule has 2 fully saturated rings. The molecule has 2 aliphatic heterocycles. The molecular formula is C10H17NO2. The first kappa shape index (κ1) is 9.16. The van der Waals surface area contributed by atoms with E-state index in [1.807, 2.05) is 0 Å². The van der Waals surface area contributed by atoms with Crippen LogP contribution in [0.1, 0.15) is 26.2 Å². The van der Waals surface area contributed by atoms with Crippen LogP contribution in [0.2, 0.25) is 0 Å². The van der Waals surface area contributed by atoms with E-state index in [0.717, 1.165) is 39.0 Å². The Bertz CT molecular complexity index is 199. The number of carbonyl (C=O) groups excluding carboxylic acids is 1. The van der Waals surface area contributed by atoms with E-state index < -0.39 is 0 Å². The Kier molecular flexibility index (Phi) is 2.65. The Labute approximate surface area is 79.0 Å². The van der Waals surface area contributed by atoms with Crippen LogP contribution in [-0.4, -0.2) is 42.5 Å². The lowest BCUT2D eigenvalue weighted by molar-refractivity contribution is -0.123. The van der Waals surface area contributed by atoms with E-state index >= 15 is 0 Å². The fourth-order valence-electron chi connectivity index (χ4n) is 2.35. The number of rotatable bonds is 1. The third-order valence-electron chi connectivity index (χ3n) is 3.11. The standard InChI is InChI=1S/C10H17NO2/c1-8-6-10(12)2-4-11(8)9-3-5-13-7-9/h8-9H,2-7H2,1H3. The molecule has 3 nitrogen and oxygen atoms in total. The van der Waals surface area contributed by atoms with E-state index in [1.165, 1.54) is 0 Å². The molecule has 0 aromatic rings. The first-order chi connectivity index (χ1) is 6.27. The summed E-state index contributed by atoms with van der Waals surface area (Å²) in [5, 5.41) is 0. The van der Waals surface area contributed by atoms with Crippen LogP contribution in [0.3, 0.4) is 0 Å². The number of nitrogens with zero attached hydrogens (tertiary/aromatic N) is 1. The number of Topliss-reactive ketones (excluding diaryl/α,β-unsaturated/α-hetero) is 1. The zero-order chi connectivity index (χ0) is 9.26. The van der Waals surface area contributed by atoms with E-state index in [0.29, 0.717) is 17.9 Å². The van der Waals surface area contributed by atoms with Crippen LogP contribution in [-0.2, 0) is 9.53 Å². The van der Waals surface area contributed by atoms with Crippen LogP contribution in [0.4, 0.5) is 0 Å². The summed E-state index contributed by atoms with van der Waals surface area (Å²) >= 11 is 0. The maximum absolute atomic E-state index is 11.2. The van der Waals surface area contributed by atoms with Gasteiger partial charge in [-0.25, -0.2) is 0 Å². The number of ketones is 1. The Morgan fingerprint density at radius 1 is 1.54 bits per heavy atom. The first-order valence-corrected chi connectivity index (χ1v) is 5.12. The molecule has 0 bridgehead atoms. The Hall–Kier alpha value is -0.410. The predicted octanol–water partition coefficient (Wildman–Crippen LogP) is 0.829. The third kappa shape index (κ3) is 1.92. The highest BCUT2D eigenvalue weighted by atomic mass is 16.5. The minimum Gasteiger partial charge on any atom is -0.380 e. The average Bonchev–Trinajstić information content (AvgIpc) is 2.56. The normalized spacial score (nSPS) is 36.8. The average molecular weight is 183 g/mol. The Morgan fingerprint density at radius 3 is 3.00 bits per heavy atom. The summed E-state index contributed by atoms with van der Waals surface area (Å²) in [5.41, 5.74) is 0. The largest absolute Gasteiger partial charge is 0.380 e. The molecule has 74 valence electrons. The second-order valence-corrected chi connectivity index (χ2v) is 4.10. The molecule has 2 saturated heterocycles. The highest BCUT2D eigenvalue weighted by Crippen LogP contribution is 2.21. The van der Waals surface area contributed by atoms with Gasteiger partial charge in [0.25, 0.3) is 0 Å². The molecule has 0 radical (unpaired) electrons. The molecule has 3 heteroatoms. The van der Waals surface area contributed by atoms with Crippen molar-refractivity contribution in [1.82, 2.24) is 4.90 Å². The quantitative estimate of drug-likeness (QED) is 0.603. The molecule has 0 aliphatic carbocycles. The Morgan fingerprint density at radius 2 is 2.38 bits per heavy atom. The Balaban J connectivity index is 1.94. The molecule has 2 rings (SSSR count). The second-order valence-electron chi connectivity index (χ2n) is 4.10. The van der Waals surface area contributed by atoms with E-state index in [2.05, 4.69) is 11.8 Å². The molecule has 0 N–H and O–H groups in total. The molecule has 0 aromatic carbocycles. The third-order valence-corrected chi connectivity index (χ3v) is 3.11. The fraction of sp³-hybridized carbons (Fsp3) is 0.900. The van der Waals surface area contributed by atoms with Crippen LogP contribution in [0.25, 0.3) is 0 Å². The van der Waals surface area contributed by atoms with Gasteiger partial charge in [-0.2, -0.15) is 0 Å². The van der Waals surface area contributed by atoms with Gasteiger partial charge in [-0.3, -0.25) is 9.69 Å². The van der Waals surface area contributed by atoms with Crippen LogP contribution < -0.4 is 0 Å². The molecule has 2 heterocycles. The molecule has 2 unspecified atom stereocenters. The van der Waals surface area contributed by atoms with Gasteiger partial charge < -0.3 is 4.74 Å². The minimum absolute atomic E-state index is 0.419. The van der Waals surface area contributed by atoms with Gasteiger partial charge >= 0.3 is 0 Å². The van der Waals surface area contributed by atoms with Crippen molar-refractivity contribution in [3.63, 3.8) is 0 Å². The zero-order valence-corrected chi connectivity index (χ0v) is 8.16. The van der Waals surface area contributed by atoms with E-state index in [-0.39, 0.29) is 0 Å². The summed E-state index contributed by atoms with van der Waals surface area (Å²) in [7, 11) is 0. The molecule has 13 heavy (non-hydrogen) atoms. The van der Waals surface area contributed by atoms with Gasteiger partial charge in [0.05, 0.1) is 6.61 Å². The smallest absolute Gasteiger partial charge is 0.135 e. The molecular weight excluding hydrogens is 166 g/mol. The van der Waals surface area contributed by atoms with Crippen molar-refractivity contribution < 1.29 is 9.53 Å². The summed E-state index contributed by atoms with van der Waals surface area (Å²) in [5.74, 6) is 0.419. The second kappa shape index (κ2) is 3.76. The lowest BCUT2D eigenvalue weighted by Gasteiger charge is -2.36. The van der Waals surface area contributed by atoms with Crippen LogP contribution in [0.15, 0.2) is 0 Å². The summed E-state index contributed by atoms with van der Waals surface area (Å²) in [4.78, 5) is 13.6. The molecule has 0 saturated carbocycles. The van der Waals surface area contributed by atoms with Gasteiger partial charge in [-0.05, 0) is 13.3 Å². The van der Waals surface area contributed by atoms with Gasteiger partial charge in [-0.1, -0.05) is 0 Å². The summed E-state index contributed by atoms with van der Waals surface area (Å²) < 4.78 is 5.36. The number of ether oxygens (including phenoxy) is 1. The summed E-state index contributed by atoms with van der Waals surface area (Å²) in [6.45, 7) is 4.84. The van der Waals surface area contributed by atoms with Crippen molar-refractivity contribution in [2.45, 2.75) is 38.3 Å². The summed E-state index contributed by atoms with van der Waals surface area (Å²) in [6, 6.07) is 0.996. The molecule has 2 aliphatic rings. The number of carbonyl (C=O) groups is 1. The molecule has 0 amide bonds. The minimum atomic E-state index is 0.419. The van der Waals surface area contributed by atoms with Gasteiger partial charge in [0.2, 0.25) is 0 Å². The molecule has 0 aromatic heterocycles. The lowest BCUT2D eigenvalue weighted by Crippen LogP contribution is -2.47. The van der Waals surface area contributed by atoms with Gasteiger partial charge in [-0.15, -0.1) is 0 Å². The number of piperidine rings is 1. The predicted molar refractivity (Wildman–Crippen MR) is 49.6 cm³/mol. The highest BCUT2D eigenvalue weighted by molar-refractivity contribution is 5.79. The topological polar surface area (TPSA) is 29.5 Å². The van der Waals surface area contributed by atoms with Crippen LogP contribution in [0.5, 0.6) is 0 Å². The fourth-order valence-corrected chi connectivity index (χ4v) is 2.35. The number of likely N-dealkylation sites (tertiary alicyclic amines) is 1. The van der Waals surface area contributed by atoms with E-state index in [4.69, 9.17) is 4.74 Å². The van der Waals surface area contributed by atoms with Crippen molar-refractivity contribution >= 4 is 5.78 Å². The van der Waals surface area contributed by atoms with Crippen LogP contribution in [0, 0.1) is 0 Å². The SMILES string of the molecule is CC1CC(=O)CCN1C1CCOC1. The monoisotopic (exact) mass is 183 g/mol. The maximum Gasteiger partial charge on any atom is 0.135 e. The van der Waals surface area contributed by atoms with Gasteiger partial charge in [0.15, 0.2) is 0 Å². The van der Waals surface area contributed by atoms with Gasteiger partial charge in [0.1, 0.15) is 5.78 Å².